The van der Waals surface area contributed by atoms with Gasteiger partial charge in [0.05, 0.1) is 13.2 Å². The molecule has 2 fully saturated rings. The summed E-state index contributed by atoms with van der Waals surface area (Å²) in [6.07, 6.45) is 1.31. The van der Waals surface area contributed by atoms with Crippen LogP contribution in [0.1, 0.15) is 6.42 Å². The van der Waals surface area contributed by atoms with Crippen LogP contribution >= 0.6 is 0 Å². The third-order valence-corrected chi connectivity index (χ3v) is 3.53. The molecule has 0 spiro atoms. The van der Waals surface area contributed by atoms with Gasteiger partial charge in [0.2, 0.25) is 0 Å². The summed E-state index contributed by atoms with van der Waals surface area (Å²) in [6.45, 7) is 8.77. The Morgan fingerprint density at radius 2 is 2.20 bits per heavy atom. The van der Waals surface area contributed by atoms with Crippen molar-refractivity contribution in [1.82, 2.24) is 15.1 Å². The van der Waals surface area contributed by atoms with Gasteiger partial charge in [0, 0.05) is 38.8 Å². The molecule has 0 radical (unpaired) electrons. The van der Waals surface area contributed by atoms with E-state index in [0.717, 1.165) is 32.3 Å². The first kappa shape index (κ1) is 11.3. The highest BCUT2D eigenvalue weighted by molar-refractivity contribution is 4.79. The molecule has 15 heavy (non-hydrogen) atoms. The average Bonchev–Trinajstić information content (AvgIpc) is 2.81. The molecule has 2 rings (SSSR count). The second-order valence-corrected chi connectivity index (χ2v) is 4.58. The van der Waals surface area contributed by atoms with Crippen LogP contribution in [0.4, 0.5) is 0 Å². The van der Waals surface area contributed by atoms with Gasteiger partial charge in [0.1, 0.15) is 0 Å². The van der Waals surface area contributed by atoms with E-state index in [1.54, 1.807) is 0 Å². The highest BCUT2D eigenvalue weighted by Crippen LogP contribution is 2.06. The second-order valence-electron chi connectivity index (χ2n) is 4.58. The zero-order valence-corrected chi connectivity index (χ0v) is 9.74. The molecule has 2 aliphatic rings. The molecular weight excluding hydrogens is 190 g/mol. The normalized spacial score (nSPS) is 28.8. The lowest BCUT2D eigenvalue weighted by atomic mass is 10.2. The summed E-state index contributed by atoms with van der Waals surface area (Å²) in [5.41, 5.74) is 0. The summed E-state index contributed by atoms with van der Waals surface area (Å²) in [7, 11) is 2.25. The molecule has 1 unspecified atom stereocenters. The van der Waals surface area contributed by atoms with E-state index in [0.29, 0.717) is 0 Å². The third kappa shape index (κ3) is 3.41. The molecule has 88 valence electrons. The Bertz CT molecular complexity index is 177. The van der Waals surface area contributed by atoms with Crippen LogP contribution in [-0.4, -0.2) is 75.4 Å². The van der Waals surface area contributed by atoms with Crippen molar-refractivity contribution < 1.29 is 4.74 Å². The van der Waals surface area contributed by atoms with E-state index in [2.05, 4.69) is 22.2 Å². The van der Waals surface area contributed by atoms with Gasteiger partial charge in [-0.25, -0.2) is 0 Å². The van der Waals surface area contributed by atoms with Crippen LogP contribution in [0.25, 0.3) is 0 Å². The molecular formula is C11H23N3O. The lowest BCUT2D eigenvalue weighted by Crippen LogP contribution is -2.43. The van der Waals surface area contributed by atoms with Gasteiger partial charge >= 0.3 is 0 Å². The van der Waals surface area contributed by atoms with Gasteiger partial charge in [0.25, 0.3) is 0 Å². The number of hydrogen-bond acceptors (Lipinski definition) is 4. The molecule has 0 aliphatic carbocycles. The molecule has 4 heteroatoms. The molecule has 1 N–H and O–H groups in total. The van der Waals surface area contributed by atoms with E-state index in [-0.39, 0.29) is 0 Å². The van der Waals surface area contributed by atoms with Gasteiger partial charge in [-0.2, -0.15) is 0 Å². The topological polar surface area (TPSA) is 27.7 Å². The van der Waals surface area contributed by atoms with Crippen molar-refractivity contribution in [2.45, 2.75) is 12.5 Å². The fraction of sp³-hybridized carbons (Fsp3) is 1.00. The number of nitrogens with one attached hydrogen (secondary N) is 1. The Hall–Kier alpha value is -0.160. The summed E-state index contributed by atoms with van der Waals surface area (Å²) >= 11 is 0. The third-order valence-electron chi connectivity index (χ3n) is 3.53. The number of morpholine rings is 1. The van der Waals surface area contributed by atoms with Crippen LogP contribution in [0.3, 0.4) is 0 Å². The Morgan fingerprint density at radius 1 is 1.40 bits per heavy atom. The van der Waals surface area contributed by atoms with Gasteiger partial charge in [-0.15, -0.1) is 0 Å². The van der Waals surface area contributed by atoms with Crippen molar-refractivity contribution in [3.63, 3.8) is 0 Å². The minimum atomic E-state index is 0.756. The maximum absolute atomic E-state index is 5.34. The molecule has 0 amide bonds. The van der Waals surface area contributed by atoms with E-state index in [4.69, 9.17) is 4.74 Å². The van der Waals surface area contributed by atoms with E-state index in [1.807, 2.05) is 0 Å². The van der Waals surface area contributed by atoms with Gasteiger partial charge in [-0.3, -0.25) is 4.90 Å². The van der Waals surface area contributed by atoms with Crippen LogP contribution in [0, 0.1) is 0 Å². The number of nitrogens with zero attached hydrogens (tertiary/aromatic N) is 2. The Labute approximate surface area is 92.6 Å². The predicted octanol–water partition coefficient (Wildman–Crippen LogP) is -0.388. The molecule has 0 aromatic carbocycles. The van der Waals surface area contributed by atoms with Crippen molar-refractivity contribution in [3.05, 3.63) is 0 Å². The minimum Gasteiger partial charge on any atom is -0.379 e. The molecule has 4 nitrogen and oxygen atoms in total. The van der Waals surface area contributed by atoms with Crippen LogP contribution in [0.15, 0.2) is 0 Å². The number of hydrogen-bond donors (Lipinski definition) is 1. The van der Waals surface area contributed by atoms with Crippen molar-refractivity contribution in [2.24, 2.45) is 0 Å². The van der Waals surface area contributed by atoms with Gasteiger partial charge in [-0.1, -0.05) is 0 Å². The highest BCUT2D eigenvalue weighted by Gasteiger charge is 2.19. The van der Waals surface area contributed by atoms with Gasteiger partial charge in [-0.05, 0) is 20.0 Å². The van der Waals surface area contributed by atoms with E-state index in [1.165, 1.54) is 32.6 Å². The summed E-state index contributed by atoms with van der Waals surface area (Å²) in [5, 5.41) is 3.42. The lowest BCUT2D eigenvalue weighted by Gasteiger charge is -2.30. The smallest absolute Gasteiger partial charge is 0.0594 e. The quantitative estimate of drug-likeness (QED) is 0.688. The van der Waals surface area contributed by atoms with Crippen molar-refractivity contribution in [2.75, 3.05) is 59.5 Å². The maximum Gasteiger partial charge on any atom is 0.0594 e. The molecule has 0 bridgehead atoms. The molecule has 0 saturated carbocycles. The fourth-order valence-electron chi connectivity index (χ4n) is 2.32. The van der Waals surface area contributed by atoms with Crippen molar-refractivity contribution >= 4 is 0 Å². The molecule has 2 heterocycles. The Kier molecular flexibility index (Phi) is 4.38. The second kappa shape index (κ2) is 5.80. The van der Waals surface area contributed by atoms with Crippen molar-refractivity contribution in [1.29, 1.82) is 0 Å². The SMILES string of the molecule is CN(CCN1CCOCC1)C1CCNC1. The zero-order chi connectivity index (χ0) is 10.5. The maximum atomic E-state index is 5.34. The first-order valence-corrected chi connectivity index (χ1v) is 6.07. The van der Waals surface area contributed by atoms with Crippen LogP contribution < -0.4 is 5.32 Å². The van der Waals surface area contributed by atoms with E-state index >= 15 is 0 Å². The molecule has 1 atom stereocenters. The predicted molar refractivity (Wildman–Crippen MR) is 61.2 cm³/mol. The highest BCUT2D eigenvalue weighted by atomic mass is 16.5. The van der Waals surface area contributed by atoms with Crippen molar-refractivity contribution in [3.8, 4) is 0 Å². The fourth-order valence-corrected chi connectivity index (χ4v) is 2.32. The average molecular weight is 213 g/mol. The number of rotatable bonds is 4. The molecule has 0 aromatic rings. The zero-order valence-electron chi connectivity index (χ0n) is 9.74. The Balaban J connectivity index is 1.63. The van der Waals surface area contributed by atoms with Gasteiger partial charge in [0.15, 0.2) is 0 Å². The molecule has 0 aromatic heterocycles. The molecule has 2 aliphatic heterocycles. The van der Waals surface area contributed by atoms with Gasteiger partial charge < -0.3 is 15.0 Å². The largest absolute Gasteiger partial charge is 0.379 e. The summed E-state index contributed by atoms with van der Waals surface area (Å²) in [4.78, 5) is 5.00. The number of likely N-dealkylation sites (N-methyl/N-ethyl adjacent to an activating group) is 1. The number of ether oxygens (including phenoxy) is 1. The lowest BCUT2D eigenvalue weighted by molar-refractivity contribution is 0.0330. The first-order valence-electron chi connectivity index (χ1n) is 6.07. The standard InChI is InChI=1S/C11H23N3O/c1-13(11-2-3-12-10-11)4-5-14-6-8-15-9-7-14/h11-12H,2-10H2,1H3. The summed E-state index contributed by atoms with van der Waals surface area (Å²) in [6, 6.07) is 0.756. The minimum absolute atomic E-state index is 0.756. The van der Waals surface area contributed by atoms with Crippen LogP contribution in [0.2, 0.25) is 0 Å². The summed E-state index contributed by atoms with van der Waals surface area (Å²) in [5.74, 6) is 0. The van der Waals surface area contributed by atoms with Crippen LogP contribution in [0.5, 0.6) is 0 Å². The monoisotopic (exact) mass is 213 g/mol. The molecule has 2 saturated heterocycles. The van der Waals surface area contributed by atoms with Crippen LogP contribution in [-0.2, 0) is 4.74 Å². The Morgan fingerprint density at radius 3 is 2.87 bits per heavy atom. The van der Waals surface area contributed by atoms with E-state index < -0.39 is 0 Å². The summed E-state index contributed by atoms with van der Waals surface area (Å²) < 4.78 is 5.34. The first-order chi connectivity index (χ1) is 7.36. The van der Waals surface area contributed by atoms with E-state index in [9.17, 15) is 0 Å².